The van der Waals surface area contributed by atoms with Crippen LogP contribution in [-0.4, -0.2) is 36.1 Å². The molecule has 1 aliphatic carbocycles. The van der Waals surface area contributed by atoms with Gasteiger partial charge in [0.25, 0.3) is 0 Å². The summed E-state index contributed by atoms with van der Waals surface area (Å²) in [7, 11) is 0. The van der Waals surface area contributed by atoms with E-state index >= 15 is 0 Å². The second-order valence-electron chi connectivity index (χ2n) is 5.55. The van der Waals surface area contributed by atoms with Crippen molar-refractivity contribution in [3.63, 3.8) is 0 Å². The van der Waals surface area contributed by atoms with Crippen LogP contribution in [0, 0.1) is 5.92 Å². The summed E-state index contributed by atoms with van der Waals surface area (Å²) < 4.78 is 0. The molecule has 1 heterocycles. The summed E-state index contributed by atoms with van der Waals surface area (Å²) in [6.45, 7) is 9.61. The van der Waals surface area contributed by atoms with Gasteiger partial charge in [-0.1, -0.05) is 20.3 Å². The second kappa shape index (κ2) is 4.84. The van der Waals surface area contributed by atoms with Crippen molar-refractivity contribution in [1.82, 2.24) is 10.2 Å². The molecule has 2 aliphatic rings. The molecule has 1 saturated heterocycles. The monoisotopic (exact) mass is 210 g/mol. The molecule has 0 bridgehead atoms. The van der Waals surface area contributed by atoms with Gasteiger partial charge in [0, 0.05) is 31.2 Å². The third-order valence-corrected chi connectivity index (χ3v) is 4.28. The number of hydrogen-bond donors (Lipinski definition) is 1. The first-order valence-electron chi connectivity index (χ1n) is 6.70. The highest BCUT2D eigenvalue weighted by Gasteiger charge is 2.34. The van der Waals surface area contributed by atoms with E-state index in [2.05, 4.69) is 31.0 Å². The highest BCUT2D eigenvalue weighted by atomic mass is 15.2. The Balaban J connectivity index is 1.71. The smallest absolute Gasteiger partial charge is 0.0209 e. The highest BCUT2D eigenvalue weighted by molar-refractivity contribution is 4.92. The van der Waals surface area contributed by atoms with Crippen LogP contribution in [-0.2, 0) is 0 Å². The molecule has 2 fully saturated rings. The first kappa shape index (κ1) is 11.4. The van der Waals surface area contributed by atoms with E-state index in [4.69, 9.17) is 0 Å². The molecular weight excluding hydrogens is 184 g/mol. The van der Waals surface area contributed by atoms with Crippen molar-refractivity contribution in [2.45, 2.75) is 64.6 Å². The van der Waals surface area contributed by atoms with Gasteiger partial charge in [-0.05, 0) is 32.1 Å². The molecule has 2 rings (SSSR count). The topological polar surface area (TPSA) is 15.3 Å². The largest absolute Gasteiger partial charge is 0.310 e. The van der Waals surface area contributed by atoms with E-state index in [1.807, 2.05) is 0 Å². The quantitative estimate of drug-likeness (QED) is 0.749. The fourth-order valence-corrected chi connectivity index (χ4v) is 2.58. The fourth-order valence-electron chi connectivity index (χ4n) is 2.58. The zero-order chi connectivity index (χ0) is 10.8. The van der Waals surface area contributed by atoms with E-state index < -0.39 is 0 Å². The molecule has 0 aromatic carbocycles. The Morgan fingerprint density at radius 2 is 2.00 bits per heavy atom. The molecule has 0 spiro atoms. The van der Waals surface area contributed by atoms with Gasteiger partial charge in [-0.25, -0.2) is 0 Å². The van der Waals surface area contributed by atoms with Gasteiger partial charge in [0.2, 0.25) is 0 Å². The van der Waals surface area contributed by atoms with Gasteiger partial charge in [0.1, 0.15) is 0 Å². The van der Waals surface area contributed by atoms with E-state index in [9.17, 15) is 0 Å². The van der Waals surface area contributed by atoms with Gasteiger partial charge in [0.15, 0.2) is 0 Å². The lowest BCUT2D eigenvalue weighted by molar-refractivity contribution is 0.300. The molecule has 88 valence electrons. The zero-order valence-electron chi connectivity index (χ0n) is 10.5. The highest BCUT2D eigenvalue weighted by Crippen LogP contribution is 2.30. The molecule has 0 aromatic rings. The Hall–Kier alpha value is -0.0800. The maximum atomic E-state index is 3.80. The van der Waals surface area contributed by atoms with Gasteiger partial charge in [-0.2, -0.15) is 0 Å². The van der Waals surface area contributed by atoms with Crippen LogP contribution in [0.15, 0.2) is 0 Å². The normalized spacial score (nSPS) is 31.8. The predicted molar refractivity (Wildman–Crippen MR) is 65.1 cm³/mol. The van der Waals surface area contributed by atoms with Crippen molar-refractivity contribution in [2.75, 3.05) is 13.1 Å². The Morgan fingerprint density at radius 3 is 2.60 bits per heavy atom. The molecule has 2 nitrogen and oxygen atoms in total. The van der Waals surface area contributed by atoms with Gasteiger partial charge in [0.05, 0.1) is 0 Å². The minimum atomic E-state index is 0.680. The fraction of sp³-hybridized carbons (Fsp3) is 1.00. The summed E-state index contributed by atoms with van der Waals surface area (Å²) >= 11 is 0. The Bertz CT molecular complexity index is 201. The molecule has 1 N–H and O–H groups in total. The van der Waals surface area contributed by atoms with E-state index in [0.29, 0.717) is 6.04 Å². The number of nitrogens with one attached hydrogen (secondary N) is 1. The number of likely N-dealkylation sites (tertiary alicyclic amines) is 1. The van der Waals surface area contributed by atoms with Gasteiger partial charge in [-0.15, -0.1) is 0 Å². The number of nitrogens with zero attached hydrogens (tertiary/aromatic N) is 1. The van der Waals surface area contributed by atoms with Gasteiger partial charge >= 0.3 is 0 Å². The average Bonchev–Trinajstić information content (AvgIpc) is 2.99. The van der Waals surface area contributed by atoms with Crippen molar-refractivity contribution in [3.05, 3.63) is 0 Å². The second-order valence-corrected chi connectivity index (χ2v) is 5.55. The molecule has 0 amide bonds. The number of rotatable bonds is 5. The third kappa shape index (κ3) is 2.94. The summed E-state index contributed by atoms with van der Waals surface area (Å²) in [5, 5.41) is 3.80. The average molecular weight is 210 g/mol. The molecule has 2 heteroatoms. The van der Waals surface area contributed by atoms with Crippen molar-refractivity contribution in [2.24, 2.45) is 5.92 Å². The Kier molecular flexibility index (Phi) is 3.68. The first-order chi connectivity index (χ1) is 7.20. The Labute approximate surface area is 94.4 Å². The van der Waals surface area contributed by atoms with Crippen molar-refractivity contribution >= 4 is 0 Å². The molecule has 15 heavy (non-hydrogen) atoms. The van der Waals surface area contributed by atoms with E-state index in [1.54, 1.807) is 0 Å². The lowest BCUT2D eigenvalue weighted by atomic mass is 10.00. The van der Waals surface area contributed by atoms with Crippen LogP contribution in [0.3, 0.4) is 0 Å². The van der Waals surface area contributed by atoms with Crippen molar-refractivity contribution in [1.29, 1.82) is 0 Å². The van der Waals surface area contributed by atoms with Crippen molar-refractivity contribution in [3.8, 4) is 0 Å². The van der Waals surface area contributed by atoms with Crippen molar-refractivity contribution < 1.29 is 0 Å². The molecule has 0 aromatic heterocycles. The third-order valence-electron chi connectivity index (χ3n) is 4.28. The molecule has 1 saturated carbocycles. The molecule has 0 radical (unpaired) electrons. The summed E-state index contributed by atoms with van der Waals surface area (Å²) in [4.78, 5) is 2.68. The SMILES string of the molecule is CCC(C)C(C)NC1CCN(C2CC2)C1. The predicted octanol–water partition coefficient (Wildman–Crippen LogP) is 2.25. The maximum absolute atomic E-state index is 3.80. The van der Waals surface area contributed by atoms with E-state index in [1.165, 1.54) is 38.8 Å². The van der Waals surface area contributed by atoms with Crippen LogP contribution >= 0.6 is 0 Å². The minimum absolute atomic E-state index is 0.680. The lowest BCUT2D eigenvalue weighted by Crippen LogP contribution is -2.41. The molecule has 3 atom stereocenters. The maximum Gasteiger partial charge on any atom is 0.0209 e. The zero-order valence-corrected chi connectivity index (χ0v) is 10.5. The van der Waals surface area contributed by atoms with Crippen LogP contribution < -0.4 is 5.32 Å². The van der Waals surface area contributed by atoms with Crippen LogP contribution in [0.1, 0.15) is 46.5 Å². The molecular formula is C13H26N2. The standard InChI is InChI=1S/C13H26N2/c1-4-10(2)11(3)14-12-7-8-15(9-12)13-5-6-13/h10-14H,4-9H2,1-3H3. The Morgan fingerprint density at radius 1 is 1.27 bits per heavy atom. The molecule has 3 unspecified atom stereocenters. The summed E-state index contributed by atoms with van der Waals surface area (Å²) in [6, 6.07) is 2.39. The van der Waals surface area contributed by atoms with Crippen LogP contribution in [0.2, 0.25) is 0 Å². The molecule has 1 aliphatic heterocycles. The van der Waals surface area contributed by atoms with Crippen LogP contribution in [0.25, 0.3) is 0 Å². The summed E-state index contributed by atoms with van der Waals surface area (Å²) in [5.74, 6) is 0.806. The van der Waals surface area contributed by atoms with E-state index in [-0.39, 0.29) is 0 Å². The van der Waals surface area contributed by atoms with Gasteiger partial charge in [-0.3, -0.25) is 4.90 Å². The first-order valence-corrected chi connectivity index (χ1v) is 6.70. The van der Waals surface area contributed by atoms with E-state index in [0.717, 1.165) is 18.0 Å². The van der Waals surface area contributed by atoms with Crippen LogP contribution in [0.5, 0.6) is 0 Å². The lowest BCUT2D eigenvalue weighted by Gasteiger charge is -2.24. The summed E-state index contributed by atoms with van der Waals surface area (Å²) in [6.07, 6.45) is 5.55. The summed E-state index contributed by atoms with van der Waals surface area (Å²) in [5.41, 5.74) is 0. The van der Waals surface area contributed by atoms with Gasteiger partial charge < -0.3 is 5.32 Å². The minimum Gasteiger partial charge on any atom is -0.310 e. The van der Waals surface area contributed by atoms with Crippen LogP contribution in [0.4, 0.5) is 0 Å². The number of hydrogen-bond acceptors (Lipinski definition) is 2.